The Labute approximate surface area is 159 Å². The number of halogens is 1. The van der Waals surface area contributed by atoms with E-state index in [-0.39, 0.29) is 11.7 Å². The second-order valence-corrected chi connectivity index (χ2v) is 6.55. The molecule has 0 atom stereocenters. The molecule has 0 spiro atoms. The van der Waals surface area contributed by atoms with Gasteiger partial charge in [0, 0.05) is 32.7 Å². The molecule has 144 valence electrons. The number of nitrogens with zero attached hydrogens (tertiary/aromatic N) is 2. The van der Waals surface area contributed by atoms with Crippen molar-refractivity contribution in [2.24, 2.45) is 0 Å². The van der Waals surface area contributed by atoms with E-state index in [1.807, 2.05) is 23.1 Å². The van der Waals surface area contributed by atoms with Crippen LogP contribution in [-0.4, -0.2) is 62.7 Å². The van der Waals surface area contributed by atoms with Gasteiger partial charge in [0.15, 0.2) is 0 Å². The zero-order chi connectivity index (χ0) is 19.2. The molecule has 0 N–H and O–H groups in total. The summed E-state index contributed by atoms with van der Waals surface area (Å²) in [5, 5.41) is 0. The molecule has 3 rings (SSSR count). The lowest BCUT2D eigenvalue weighted by atomic mass is 10.1. The van der Waals surface area contributed by atoms with E-state index in [9.17, 15) is 9.18 Å². The molecule has 0 saturated carbocycles. The standard InChI is InChI=1S/C21H25FN2O3/c1-26-18-4-3-5-19(27-2)20(18)21(25)24-14-12-23(13-15-24)11-10-16-6-8-17(22)9-7-16/h3-9H,10-15H2,1-2H3. The first-order valence-corrected chi connectivity index (χ1v) is 9.09. The number of benzene rings is 2. The third-order valence-electron chi connectivity index (χ3n) is 4.93. The summed E-state index contributed by atoms with van der Waals surface area (Å²) in [5.74, 6) is 0.774. The average Bonchev–Trinajstić information content (AvgIpc) is 2.72. The van der Waals surface area contributed by atoms with E-state index < -0.39 is 0 Å². The third kappa shape index (κ3) is 4.57. The molecule has 1 aliphatic heterocycles. The van der Waals surface area contributed by atoms with Gasteiger partial charge in [-0.25, -0.2) is 4.39 Å². The van der Waals surface area contributed by atoms with Gasteiger partial charge in [0.25, 0.3) is 5.91 Å². The van der Waals surface area contributed by atoms with Crippen molar-refractivity contribution >= 4 is 5.91 Å². The Morgan fingerprint density at radius 3 is 2.11 bits per heavy atom. The lowest BCUT2D eigenvalue weighted by molar-refractivity contribution is 0.0632. The van der Waals surface area contributed by atoms with Crippen molar-refractivity contribution in [1.29, 1.82) is 0 Å². The molecular formula is C21H25FN2O3. The molecule has 2 aromatic carbocycles. The van der Waals surface area contributed by atoms with Gasteiger partial charge in [-0.3, -0.25) is 9.69 Å². The summed E-state index contributed by atoms with van der Waals surface area (Å²) in [6, 6.07) is 12.0. The van der Waals surface area contributed by atoms with E-state index in [2.05, 4.69) is 4.90 Å². The zero-order valence-electron chi connectivity index (χ0n) is 15.8. The van der Waals surface area contributed by atoms with Crippen molar-refractivity contribution in [3.05, 3.63) is 59.4 Å². The number of carbonyl (C=O) groups is 1. The lowest BCUT2D eigenvalue weighted by Crippen LogP contribution is -2.49. The van der Waals surface area contributed by atoms with Gasteiger partial charge in [-0.05, 0) is 36.2 Å². The van der Waals surface area contributed by atoms with Crippen LogP contribution >= 0.6 is 0 Å². The number of hydrogen-bond donors (Lipinski definition) is 0. The van der Waals surface area contributed by atoms with Crippen LogP contribution < -0.4 is 9.47 Å². The Balaban J connectivity index is 1.57. The minimum Gasteiger partial charge on any atom is -0.496 e. The minimum atomic E-state index is -0.211. The van der Waals surface area contributed by atoms with E-state index in [1.165, 1.54) is 12.1 Å². The van der Waals surface area contributed by atoms with Crippen molar-refractivity contribution in [1.82, 2.24) is 9.80 Å². The third-order valence-corrected chi connectivity index (χ3v) is 4.93. The van der Waals surface area contributed by atoms with Crippen LogP contribution in [0.25, 0.3) is 0 Å². The van der Waals surface area contributed by atoms with Gasteiger partial charge in [0.05, 0.1) is 14.2 Å². The van der Waals surface area contributed by atoms with Crippen molar-refractivity contribution in [2.75, 3.05) is 46.9 Å². The Morgan fingerprint density at radius 2 is 1.56 bits per heavy atom. The van der Waals surface area contributed by atoms with Gasteiger partial charge in [-0.1, -0.05) is 18.2 Å². The quantitative estimate of drug-likeness (QED) is 0.782. The molecule has 0 aliphatic carbocycles. The van der Waals surface area contributed by atoms with Crippen molar-refractivity contribution in [3.63, 3.8) is 0 Å². The molecule has 1 saturated heterocycles. The fraction of sp³-hybridized carbons (Fsp3) is 0.381. The van der Waals surface area contributed by atoms with Gasteiger partial charge < -0.3 is 14.4 Å². The largest absolute Gasteiger partial charge is 0.496 e. The molecular weight excluding hydrogens is 347 g/mol. The van der Waals surface area contributed by atoms with Gasteiger partial charge in [0.1, 0.15) is 22.9 Å². The van der Waals surface area contributed by atoms with Crippen molar-refractivity contribution in [3.8, 4) is 11.5 Å². The van der Waals surface area contributed by atoms with Crippen LogP contribution in [0.1, 0.15) is 15.9 Å². The first kappa shape index (κ1) is 19.2. The minimum absolute atomic E-state index is 0.0671. The number of hydrogen-bond acceptors (Lipinski definition) is 4. The highest BCUT2D eigenvalue weighted by Crippen LogP contribution is 2.29. The Hall–Kier alpha value is -2.60. The predicted octanol–water partition coefficient (Wildman–Crippen LogP) is 2.84. The Kier molecular flexibility index (Phi) is 6.29. The Bertz CT molecular complexity index is 749. The van der Waals surface area contributed by atoms with Gasteiger partial charge in [-0.15, -0.1) is 0 Å². The first-order chi connectivity index (χ1) is 13.1. The van der Waals surface area contributed by atoms with Crippen LogP contribution in [0.2, 0.25) is 0 Å². The highest BCUT2D eigenvalue weighted by Gasteiger charge is 2.26. The van der Waals surface area contributed by atoms with Crippen LogP contribution in [0, 0.1) is 5.82 Å². The molecule has 5 nitrogen and oxygen atoms in total. The van der Waals surface area contributed by atoms with E-state index >= 15 is 0 Å². The number of piperazine rings is 1. The Morgan fingerprint density at radius 1 is 0.963 bits per heavy atom. The lowest BCUT2D eigenvalue weighted by Gasteiger charge is -2.35. The average molecular weight is 372 g/mol. The summed E-state index contributed by atoms with van der Waals surface area (Å²) in [4.78, 5) is 17.2. The maximum Gasteiger partial charge on any atom is 0.261 e. The maximum absolute atomic E-state index is 13.0. The maximum atomic E-state index is 13.0. The molecule has 1 heterocycles. The summed E-state index contributed by atoms with van der Waals surface area (Å²) in [5.41, 5.74) is 1.59. The molecule has 27 heavy (non-hydrogen) atoms. The van der Waals surface area contributed by atoms with Crippen molar-refractivity contribution < 1.29 is 18.7 Å². The molecule has 0 aromatic heterocycles. The fourth-order valence-corrected chi connectivity index (χ4v) is 3.33. The van der Waals surface area contributed by atoms with Gasteiger partial charge in [0.2, 0.25) is 0 Å². The molecule has 0 radical (unpaired) electrons. The van der Waals surface area contributed by atoms with E-state index in [0.29, 0.717) is 30.2 Å². The normalized spacial score (nSPS) is 14.9. The molecule has 6 heteroatoms. The number of methoxy groups -OCH3 is 2. The second kappa shape index (κ2) is 8.86. The molecule has 0 unspecified atom stereocenters. The van der Waals surface area contributed by atoms with Crippen molar-refractivity contribution in [2.45, 2.75) is 6.42 Å². The predicted molar refractivity (Wildman–Crippen MR) is 102 cm³/mol. The molecule has 1 fully saturated rings. The summed E-state index contributed by atoms with van der Waals surface area (Å²) in [6.07, 6.45) is 0.870. The summed E-state index contributed by atoms with van der Waals surface area (Å²) in [7, 11) is 3.11. The molecule has 2 aromatic rings. The van der Waals surface area contributed by atoms with Crippen LogP contribution in [-0.2, 0) is 6.42 Å². The zero-order valence-corrected chi connectivity index (χ0v) is 15.8. The number of ether oxygens (including phenoxy) is 2. The number of amides is 1. The fourth-order valence-electron chi connectivity index (χ4n) is 3.33. The second-order valence-electron chi connectivity index (χ2n) is 6.55. The molecule has 0 bridgehead atoms. The van der Waals surface area contributed by atoms with Crippen LogP contribution in [0.15, 0.2) is 42.5 Å². The highest BCUT2D eigenvalue weighted by molar-refractivity contribution is 5.99. The smallest absolute Gasteiger partial charge is 0.261 e. The SMILES string of the molecule is COc1cccc(OC)c1C(=O)N1CCN(CCc2ccc(F)cc2)CC1. The highest BCUT2D eigenvalue weighted by atomic mass is 19.1. The van der Waals surface area contributed by atoms with E-state index in [0.717, 1.165) is 31.6 Å². The summed E-state index contributed by atoms with van der Waals surface area (Å²) in [6.45, 7) is 3.83. The van der Waals surface area contributed by atoms with Crippen LogP contribution in [0.3, 0.4) is 0 Å². The van der Waals surface area contributed by atoms with Gasteiger partial charge in [-0.2, -0.15) is 0 Å². The molecule has 1 aliphatic rings. The van der Waals surface area contributed by atoms with E-state index in [4.69, 9.17) is 9.47 Å². The first-order valence-electron chi connectivity index (χ1n) is 9.09. The van der Waals surface area contributed by atoms with Crippen LogP contribution in [0.4, 0.5) is 4.39 Å². The number of carbonyl (C=O) groups excluding carboxylic acids is 1. The summed E-state index contributed by atoms with van der Waals surface area (Å²) >= 11 is 0. The molecule has 1 amide bonds. The van der Waals surface area contributed by atoms with E-state index in [1.54, 1.807) is 26.4 Å². The monoisotopic (exact) mass is 372 g/mol. The van der Waals surface area contributed by atoms with Gasteiger partial charge >= 0.3 is 0 Å². The summed E-state index contributed by atoms with van der Waals surface area (Å²) < 4.78 is 23.7. The number of rotatable bonds is 6. The van der Waals surface area contributed by atoms with Crippen LogP contribution in [0.5, 0.6) is 11.5 Å². The topological polar surface area (TPSA) is 42.0 Å².